The van der Waals surface area contributed by atoms with Gasteiger partial charge in [0.2, 0.25) is 0 Å². The van der Waals surface area contributed by atoms with Crippen LogP contribution < -0.4 is 0 Å². The van der Waals surface area contributed by atoms with E-state index in [9.17, 15) is 10.2 Å². The van der Waals surface area contributed by atoms with Crippen molar-refractivity contribution in [3.05, 3.63) is 0 Å². The van der Waals surface area contributed by atoms with E-state index in [0.717, 1.165) is 38.5 Å². The monoisotopic (exact) mass is 438 g/mol. The molecule has 2 unspecified atom stereocenters. The van der Waals surface area contributed by atoms with Crippen LogP contribution in [-0.4, -0.2) is 79.4 Å². The Balaban J connectivity index is 1.48. The summed E-state index contributed by atoms with van der Waals surface area (Å²) in [6.07, 6.45) is 1.44. The zero-order chi connectivity index (χ0) is 22.1. The summed E-state index contributed by atoms with van der Waals surface area (Å²) >= 11 is 0. The normalized spacial score (nSPS) is 32.3. The lowest BCUT2D eigenvalue weighted by Crippen LogP contribution is -2.41. The van der Waals surface area contributed by atoms with Crippen LogP contribution in [0.1, 0.15) is 52.4 Å². The average molecular weight is 439 g/mol. The van der Waals surface area contributed by atoms with E-state index in [-0.39, 0.29) is 25.8 Å². The molecule has 0 radical (unpaired) electrons. The van der Waals surface area contributed by atoms with Crippen LogP contribution in [-0.2, 0) is 28.4 Å². The molecule has 8 heteroatoms. The van der Waals surface area contributed by atoms with Gasteiger partial charge in [0, 0.05) is 13.2 Å². The third-order valence-corrected chi connectivity index (χ3v) is 5.24. The predicted molar refractivity (Wildman–Crippen MR) is 110 cm³/mol. The summed E-state index contributed by atoms with van der Waals surface area (Å²) < 4.78 is 33.6. The highest BCUT2D eigenvalue weighted by atomic mass is 16.8. The van der Waals surface area contributed by atoms with Gasteiger partial charge in [-0.05, 0) is 52.4 Å². The molecule has 31 heavy (non-hydrogen) atoms. The molecule has 6 atom stereocenters. The molecule has 0 aromatic heterocycles. The number of aliphatic hydroxyl groups excluding tert-OH is 2. The molecule has 0 aromatic carbocycles. The molecule has 8 nitrogen and oxygen atoms in total. The molecule has 0 aliphatic carbocycles. The molecule has 3 rings (SSSR count). The zero-order valence-electron chi connectivity index (χ0n) is 18.4. The molecule has 0 amide bonds. The minimum atomic E-state index is -1.16. The van der Waals surface area contributed by atoms with Gasteiger partial charge < -0.3 is 38.6 Å². The largest absolute Gasteiger partial charge is 0.378 e. The fourth-order valence-electron chi connectivity index (χ4n) is 3.72. The van der Waals surface area contributed by atoms with Crippen molar-refractivity contribution in [1.82, 2.24) is 0 Å². The molecule has 0 bridgehead atoms. The molecule has 3 fully saturated rings. The number of aliphatic hydroxyl groups is 2. The van der Waals surface area contributed by atoms with Crippen molar-refractivity contribution in [2.75, 3.05) is 26.4 Å². The van der Waals surface area contributed by atoms with E-state index >= 15 is 0 Å². The highest BCUT2D eigenvalue weighted by Crippen LogP contribution is 2.31. The van der Waals surface area contributed by atoms with Gasteiger partial charge in [0.15, 0.2) is 18.4 Å². The van der Waals surface area contributed by atoms with Gasteiger partial charge in [-0.1, -0.05) is 23.7 Å². The highest BCUT2D eigenvalue weighted by Gasteiger charge is 2.47. The minimum Gasteiger partial charge on any atom is -0.378 e. The lowest BCUT2D eigenvalue weighted by atomic mass is 10.0. The third kappa shape index (κ3) is 8.02. The maximum absolute atomic E-state index is 10.5. The molecule has 2 N–H and O–H groups in total. The molecule has 3 aliphatic heterocycles. The second-order valence-electron chi connectivity index (χ2n) is 8.31. The molecule has 0 spiro atoms. The number of hydrogen-bond acceptors (Lipinski definition) is 8. The summed E-state index contributed by atoms with van der Waals surface area (Å²) in [5.74, 6) is 10.1. The summed E-state index contributed by atoms with van der Waals surface area (Å²) in [7, 11) is 0. The standard InChI is InChI=1S/C23H34O8/c1-23(2)30-21(17(24)9-7-15-28-19-11-3-5-13-26-19)22(31-23)18(25)10-8-16-29-20-12-4-6-14-27-20/h17-22,24-25H,3-6,11-16H2,1-2H3/t17-,18-,19?,20?,21+,22+/m1/s1. The Labute approximate surface area is 184 Å². The van der Waals surface area contributed by atoms with Crippen molar-refractivity contribution in [2.45, 2.75) is 95.2 Å². The maximum Gasteiger partial charge on any atom is 0.164 e. The SMILES string of the molecule is CC1(C)O[C@@H]([C@H](O)C#CCOC2CCCCO2)[C@H]([C@H](O)C#CCOC2CCCCO2)O1. The Kier molecular flexibility index (Phi) is 9.58. The smallest absolute Gasteiger partial charge is 0.164 e. The van der Waals surface area contributed by atoms with Gasteiger partial charge in [0.25, 0.3) is 0 Å². The Morgan fingerprint density at radius 2 is 1.26 bits per heavy atom. The first-order chi connectivity index (χ1) is 14.9. The van der Waals surface area contributed by atoms with E-state index in [0.29, 0.717) is 13.2 Å². The fraction of sp³-hybridized carbons (Fsp3) is 0.826. The Bertz CT molecular complexity index is 605. The van der Waals surface area contributed by atoms with Crippen molar-refractivity contribution in [3.8, 4) is 23.7 Å². The summed E-state index contributed by atoms with van der Waals surface area (Å²) in [6.45, 7) is 5.12. The van der Waals surface area contributed by atoms with E-state index in [2.05, 4.69) is 23.7 Å². The van der Waals surface area contributed by atoms with E-state index in [1.54, 1.807) is 13.8 Å². The number of ether oxygens (including phenoxy) is 6. The van der Waals surface area contributed by atoms with Crippen LogP contribution in [0.25, 0.3) is 0 Å². The van der Waals surface area contributed by atoms with Crippen molar-refractivity contribution in [3.63, 3.8) is 0 Å². The fourth-order valence-corrected chi connectivity index (χ4v) is 3.72. The Morgan fingerprint density at radius 3 is 1.65 bits per heavy atom. The highest BCUT2D eigenvalue weighted by molar-refractivity contribution is 5.15. The van der Waals surface area contributed by atoms with Gasteiger partial charge in [-0.25, -0.2) is 0 Å². The van der Waals surface area contributed by atoms with Crippen molar-refractivity contribution in [1.29, 1.82) is 0 Å². The van der Waals surface area contributed by atoms with E-state index < -0.39 is 30.2 Å². The van der Waals surface area contributed by atoms with E-state index in [4.69, 9.17) is 28.4 Å². The van der Waals surface area contributed by atoms with Crippen LogP contribution in [0.15, 0.2) is 0 Å². The van der Waals surface area contributed by atoms with Crippen LogP contribution in [0.5, 0.6) is 0 Å². The lowest BCUT2D eigenvalue weighted by molar-refractivity contribution is -0.156. The van der Waals surface area contributed by atoms with Gasteiger partial charge in [-0.2, -0.15) is 0 Å². The van der Waals surface area contributed by atoms with Gasteiger partial charge in [0.05, 0.1) is 0 Å². The quantitative estimate of drug-likeness (QED) is 0.600. The molecule has 0 saturated carbocycles. The first-order valence-corrected chi connectivity index (χ1v) is 11.1. The summed E-state index contributed by atoms with van der Waals surface area (Å²) in [4.78, 5) is 0. The van der Waals surface area contributed by atoms with Crippen LogP contribution >= 0.6 is 0 Å². The average Bonchev–Trinajstić information content (AvgIpc) is 3.11. The Morgan fingerprint density at radius 1 is 0.806 bits per heavy atom. The lowest BCUT2D eigenvalue weighted by Gasteiger charge is -2.22. The minimum absolute atomic E-state index is 0.145. The van der Waals surface area contributed by atoms with E-state index in [1.807, 2.05) is 0 Å². The first kappa shape index (κ1) is 24.4. The molecule has 174 valence electrons. The molecular formula is C23H34O8. The van der Waals surface area contributed by atoms with Crippen LogP contribution in [0.2, 0.25) is 0 Å². The molecule has 3 saturated heterocycles. The van der Waals surface area contributed by atoms with Crippen LogP contribution in [0.3, 0.4) is 0 Å². The van der Waals surface area contributed by atoms with Crippen molar-refractivity contribution < 1.29 is 38.6 Å². The number of hydrogen-bond donors (Lipinski definition) is 2. The van der Waals surface area contributed by atoms with Crippen LogP contribution in [0, 0.1) is 23.7 Å². The first-order valence-electron chi connectivity index (χ1n) is 11.1. The summed E-state index contributed by atoms with van der Waals surface area (Å²) in [5, 5.41) is 21.0. The van der Waals surface area contributed by atoms with Crippen LogP contribution in [0.4, 0.5) is 0 Å². The Hall–Kier alpha value is -1.20. The zero-order valence-corrected chi connectivity index (χ0v) is 18.4. The summed E-state index contributed by atoms with van der Waals surface area (Å²) in [6, 6.07) is 0. The molecule has 3 heterocycles. The van der Waals surface area contributed by atoms with E-state index in [1.165, 1.54) is 0 Å². The second kappa shape index (κ2) is 12.2. The molecule has 0 aromatic rings. The van der Waals surface area contributed by atoms with Gasteiger partial charge >= 0.3 is 0 Å². The topological polar surface area (TPSA) is 95.8 Å². The summed E-state index contributed by atoms with van der Waals surface area (Å²) in [5.41, 5.74) is 0. The maximum atomic E-state index is 10.5. The van der Waals surface area contributed by atoms with Gasteiger partial charge in [-0.3, -0.25) is 0 Å². The van der Waals surface area contributed by atoms with Crippen molar-refractivity contribution >= 4 is 0 Å². The number of rotatable bonds is 6. The van der Waals surface area contributed by atoms with Crippen molar-refractivity contribution in [2.24, 2.45) is 0 Å². The predicted octanol–water partition coefficient (Wildman–Crippen LogP) is 1.32. The van der Waals surface area contributed by atoms with Gasteiger partial charge in [0.1, 0.15) is 37.6 Å². The third-order valence-electron chi connectivity index (χ3n) is 5.24. The second-order valence-corrected chi connectivity index (χ2v) is 8.31. The van der Waals surface area contributed by atoms with Gasteiger partial charge in [-0.15, -0.1) is 0 Å². The molecular weight excluding hydrogens is 404 g/mol. The molecule has 3 aliphatic rings.